The Hall–Kier alpha value is 0. The average molecular weight is 168 g/mol. The van der Waals surface area contributed by atoms with Crippen LogP contribution in [-0.4, -0.2) is 0 Å². The molecular formula is C12H24. The predicted octanol–water partition coefficient (Wildman–Crippen LogP) is 4.39. The molecule has 0 amide bonds. The van der Waals surface area contributed by atoms with Gasteiger partial charge in [-0.2, -0.15) is 0 Å². The third-order valence-electron chi connectivity index (χ3n) is 3.20. The van der Waals surface area contributed by atoms with Gasteiger partial charge in [-0.25, -0.2) is 0 Å². The van der Waals surface area contributed by atoms with Crippen molar-refractivity contribution in [2.24, 2.45) is 11.8 Å². The van der Waals surface area contributed by atoms with Crippen molar-refractivity contribution in [1.29, 1.82) is 0 Å². The van der Waals surface area contributed by atoms with Crippen LogP contribution >= 0.6 is 0 Å². The maximum absolute atomic E-state index is 2.39. The second-order valence-electron chi connectivity index (χ2n) is 4.53. The number of rotatable bonds is 7. The first-order valence-corrected chi connectivity index (χ1v) is 5.84. The van der Waals surface area contributed by atoms with Crippen LogP contribution in [0.25, 0.3) is 0 Å². The van der Waals surface area contributed by atoms with Gasteiger partial charge in [0.1, 0.15) is 0 Å². The minimum Gasteiger partial charge on any atom is -0.0654 e. The van der Waals surface area contributed by atoms with Gasteiger partial charge in [-0.1, -0.05) is 58.8 Å². The molecule has 0 aliphatic heterocycles. The van der Waals surface area contributed by atoms with Crippen molar-refractivity contribution in [2.45, 2.75) is 65.2 Å². The van der Waals surface area contributed by atoms with Crippen LogP contribution in [0.5, 0.6) is 0 Å². The van der Waals surface area contributed by atoms with Crippen LogP contribution in [0.2, 0.25) is 0 Å². The van der Waals surface area contributed by atoms with Gasteiger partial charge in [0.15, 0.2) is 0 Å². The topological polar surface area (TPSA) is 0 Å². The lowest BCUT2D eigenvalue weighted by Gasteiger charge is -1.99. The van der Waals surface area contributed by atoms with E-state index in [-0.39, 0.29) is 0 Å². The maximum Gasteiger partial charge on any atom is -0.0386 e. The van der Waals surface area contributed by atoms with Crippen LogP contribution < -0.4 is 0 Å². The van der Waals surface area contributed by atoms with E-state index >= 15 is 0 Å². The molecule has 1 aliphatic carbocycles. The molecule has 1 aliphatic rings. The lowest BCUT2D eigenvalue weighted by atomic mass is 10.1. The Morgan fingerprint density at radius 3 is 2.17 bits per heavy atom. The summed E-state index contributed by atoms with van der Waals surface area (Å²) in [5, 5.41) is 0. The molecule has 0 saturated heterocycles. The molecule has 0 N–H and O–H groups in total. The highest BCUT2D eigenvalue weighted by Crippen LogP contribution is 2.41. The molecule has 0 aromatic heterocycles. The molecule has 0 radical (unpaired) electrons. The Morgan fingerprint density at radius 2 is 1.58 bits per heavy atom. The first-order valence-electron chi connectivity index (χ1n) is 5.84. The quantitative estimate of drug-likeness (QED) is 0.494. The Labute approximate surface area is 77.7 Å². The van der Waals surface area contributed by atoms with E-state index in [0.29, 0.717) is 0 Å². The van der Waals surface area contributed by atoms with Crippen molar-refractivity contribution < 1.29 is 0 Å². The molecule has 0 heterocycles. The molecule has 12 heavy (non-hydrogen) atoms. The van der Waals surface area contributed by atoms with Crippen LogP contribution in [0.15, 0.2) is 0 Å². The summed E-state index contributed by atoms with van der Waals surface area (Å²) in [4.78, 5) is 0. The summed E-state index contributed by atoms with van der Waals surface area (Å²) in [6.45, 7) is 4.67. The summed E-state index contributed by atoms with van der Waals surface area (Å²) in [6.07, 6.45) is 11.8. The van der Waals surface area contributed by atoms with Crippen LogP contribution in [0.4, 0.5) is 0 Å². The SMILES string of the molecule is CCCCCCCC[C@H]1C[C@@H]1C. The van der Waals surface area contributed by atoms with E-state index in [2.05, 4.69) is 13.8 Å². The minimum absolute atomic E-state index is 1.07. The van der Waals surface area contributed by atoms with Crippen LogP contribution in [0.3, 0.4) is 0 Å². The van der Waals surface area contributed by atoms with Crippen LogP contribution in [0.1, 0.15) is 65.2 Å². The van der Waals surface area contributed by atoms with Crippen LogP contribution in [0, 0.1) is 11.8 Å². The summed E-state index contributed by atoms with van der Waals surface area (Å²) in [5.74, 6) is 2.19. The zero-order valence-corrected chi connectivity index (χ0v) is 8.81. The molecular weight excluding hydrogens is 144 g/mol. The summed E-state index contributed by atoms with van der Waals surface area (Å²) >= 11 is 0. The number of hydrogen-bond donors (Lipinski definition) is 0. The predicted molar refractivity (Wildman–Crippen MR) is 55.3 cm³/mol. The fraction of sp³-hybridized carbons (Fsp3) is 1.00. The second-order valence-corrected chi connectivity index (χ2v) is 4.53. The van der Waals surface area contributed by atoms with Crippen molar-refractivity contribution in [3.63, 3.8) is 0 Å². The van der Waals surface area contributed by atoms with Crippen LogP contribution in [-0.2, 0) is 0 Å². The van der Waals surface area contributed by atoms with E-state index in [9.17, 15) is 0 Å². The van der Waals surface area contributed by atoms with E-state index in [4.69, 9.17) is 0 Å². The van der Waals surface area contributed by atoms with E-state index < -0.39 is 0 Å². The average Bonchev–Trinajstić information content (AvgIpc) is 2.74. The molecule has 72 valence electrons. The molecule has 1 saturated carbocycles. The molecule has 0 nitrogen and oxygen atoms in total. The van der Waals surface area contributed by atoms with Crippen molar-refractivity contribution >= 4 is 0 Å². The van der Waals surface area contributed by atoms with Gasteiger partial charge < -0.3 is 0 Å². The monoisotopic (exact) mass is 168 g/mol. The van der Waals surface area contributed by atoms with Gasteiger partial charge >= 0.3 is 0 Å². The molecule has 1 rings (SSSR count). The fourth-order valence-corrected chi connectivity index (χ4v) is 1.99. The third kappa shape index (κ3) is 4.13. The molecule has 1 fully saturated rings. The van der Waals surface area contributed by atoms with Crippen molar-refractivity contribution in [3.05, 3.63) is 0 Å². The number of unbranched alkanes of at least 4 members (excludes halogenated alkanes) is 5. The highest BCUT2D eigenvalue weighted by atomic mass is 14.4. The molecule has 0 heteroatoms. The number of hydrogen-bond acceptors (Lipinski definition) is 0. The second kappa shape index (κ2) is 5.61. The Balaban J connectivity index is 1.72. The third-order valence-corrected chi connectivity index (χ3v) is 3.20. The van der Waals surface area contributed by atoms with Gasteiger partial charge in [0.2, 0.25) is 0 Å². The van der Waals surface area contributed by atoms with Gasteiger partial charge in [0.05, 0.1) is 0 Å². The zero-order valence-electron chi connectivity index (χ0n) is 8.81. The first-order chi connectivity index (χ1) is 5.84. The zero-order chi connectivity index (χ0) is 8.81. The summed E-state index contributed by atoms with van der Waals surface area (Å²) in [6, 6.07) is 0. The molecule has 0 spiro atoms. The highest BCUT2D eigenvalue weighted by Gasteiger charge is 2.31. The summed E-state index contributed by atoms with van der Waals surface area (Å²) in [5.41, 5.74) is 0. The van der Waals surface area contributed by atoms with E-state index in [1.54, 1.807) is 0 Å². The maximum atomic E-state index is 2.39. The molecule has 2 atom stereocenters. The molecule has 0 bridgehead atoms. The fourth-order valence-electron chi connectivity index (χ4n) is 1.99. The lowest BCUT2D eigenvalue weighted by molar-refractivity contribution is 0.555. The largest absolute Gasteiger partial charge is 0.0654 e. The Morgan fingerprint density at radius 1 is 1.00 bits per heavy atom. The van der Waals surface area contributed by atoms with Crippen molar-refractivity contribution in [1.82, 2.24) is 0 Å². The van der Waals surface area contributed by atoms with Gasteiger partial charge in [-0.15, -0.1) is 0 Å². The normalized spacial score (nSPS) is 27.5. The Kier molecular flexibility index (Phi) is 4.72. The Bertz CT molecular complexity index is 107. The highest BCUT2D eigenvalue weighted by molar-refractivity contribution is 4.81. The first kappa shape index (κ1) is 10.1. The van der Waals surface area contributed by atoms with E-state index in [0.717, 1.165) is 11.8 Å². The summed E-state index contributed by atoms with van der Waals surface area (Å²) in [7, 11) is 0. The van der Waals surface area contributed by atoms with Crippen molar-refractivity contribution in [2.75, 3.05) is 0 Å². The van der Waals surface area contributed by atoms with Gasteiger partial charge in [0, 0.05) is 0 Å². The van der Waals surface area contributed by atoms with E-state index in [1.807, 2.05) is 0 Å². The standard InChI is InChI=1S/C12H24/c1-3-4-5-6-7-8-9-12-10-11(12)2/h11-12H,3-10H2,1-2H3/t11-,12-/m0/s1. The van der Waals surface area contributed by atoms with E-state index in [1.165, 1.54) is 51.4 Å². The van der Waals surface area contributed by atoms with Gasteiger partial charge in [0.25, 0.3) is 0 Å². The van der Waals surface area contributed by atoms with Gasteiger partial charge in [-0.3, -0.25) is 0 Å². The summed E-state index contributed by atoms with van der Waals surface area (Å²) < 4.78 is 0. The van der Waals surface area contributed by atoms with Crippen molar-refractivity contribution in [3.8, 4) is 0 Å². The smallest absolute Gasteiger partial charge is 0.0386 e. The minimum atomic E-state index is 1.07. The lowest BCUT2D eigenvalue weighted by Crippen LogP contribution is -1.82. The van der Waals surface area contributed by atoms with Gasteiger partial charge in [-0.05, 0) is 18.3 Å². The molecule has 0 aromatic carbocycles. The molecule has 0 unspecified atom stereocenters. The molecule has 0 aromatic rings.